The topological polar surface area (TPSA) is 35.5 Å². The number of Topliss-reactive ketones (excluding diaryl/α,β-unsaturated/α-hetero) is 1. The molecule has 1 aromatic rings. The van der Waals surface area contributed by atoms with E-state index >= 15 is 0 Å². The standard InChI is InChI=1S/C14H16O3/c1-9-6-12-7-10(2-3-13(12)17-9)14(15)11-4-5-16-8-11/h2-3,7,9,11H,4-6,8H2,1H3. The summed E-state index contributed by atoms with van der Waals surface area (Å²) in [5.74, 6) is 1.19. The molecule has 0 aromatic heterocycles. The van der Waals surface area contributed by atoms with Gasteiger partial charge >= 0.3 is 0 Å². The molecule has 1 aromatic carbocycles. The van der Waals surface area contributed by atoms with E-state index in [2.05, 4.69) is 0 Å². The monoisotopic (exact) mass is 232 g/mol. The van der Waals surface area contributed by atoms with Gasteiger partial charge in [0, 0.05) is 24.5 Å². The van der Waals surface area contributed by atoms with Crippen LogP contribution in [0.25, 0.3) is 0 Å². The zero-order chi connectivity index (χ0) is 11.8. The van der Waals surface area contributed by atoms with Crippen molar-refractivity contribution in [3.63, 3.8) is 0 Å². The number of hydrogen-bond acceptors (Lipinski definition) is 3. The van der Waals surface area contributed by atoms with Gasteiger partial charge in [0.05, 0.1) is 6.61 Å². The van der Waals surface area contributed by atoms with Gasteiger partial charge in [-0.25, -0.2) is 0 Å². The van der Waals surface area contributed by atoms with E-state index in [-0.39, 0.29) is 17.8 Å². The van der Waals surface area contributed by atoms with Crippen LogP contribution in [-0.2, 0) is 11.2 Å². The van der Waals surface area contributed by atoms with Crippen LogP contribution < -0.4 is 4.74 Å². The first-order valence-corrected chi connectivity index (χ1v) is 6.15. The Morgan fingerprint density at radius 3 is 3.06 bits per heavy atom. The van der Waals surface area contributed by atoms with Crippen molar-refractivity contribution in [1.29, 1.82) is 0 Å². The number of ether oxygens (including phenoxy) is 2. The Labute approximate surface area is 101 Å². The van der Waals surface area contributed by atoms with Gasteiger partial charge in [0.25, 0.3) is 0 Å². The minimum Gasteiger partial charge on any atom is -0.490 e. The van der Waals surface area contributed by atoms with Gasteiger partial charge in [0.15, 0.2) is 5.78 Å². The molecule has 0 bridgehead atoms. The molecule has 2 heterocycles. The maximum absolute atomic E-state index is 12.2. The summed E-state index contributed by atoms with van der Waals surface area (Å²) in [7, 11) is 0. The zero-order valence-electron chi connectivity index (χ0n) is 9.94. The van der Waals surface area contributed by atoms with Gasteiger partial charge in [-0.2, -0.15) is 0 Å². The minimum absolute atomic E-state index is 0.0489. The number of carbonyl (C=O) groups is 1. The second kappa shape index (κ2) is 4.15. The van der Waals surface area contributed by atoms with Crippen molar-refractivity contribution in [3.05, 3.63) is 29.3 Å². The highest BCUT2D eigenvalue weighted by Crippen LogP contribution is 2.30. The molecule has 1 fully saturated rings. The lowest BCUT2D eigenvalue weighted by molar-refractivity contribution is 0.0900. The molecule has 90 valence electrons. The quantitative estimate of drug-likeness (QED) is 0.733. The van der Waals surface area contributed by atoms with Crippen LogP contribution in [0.5, 0.6) is 5.75 Å². The molecule has 2 unspecified atom stereocenters. The van der Waals surface area contributed by atoms with Crippen LogP contribution in [-0.4, -0.2) is 25.1 Å². The lowest BCUT2D eigenvalue weighted by Gasteiger charge is -2.07. The van der Waals surface area contributed by atoms with Crippen molar-refractivity contribution in [2.24, 2.45) is 5.92 Å². The van der Waals surface area contributed by atoms with Gasteiger partial charge in [0.2, 0.25) is 0 Å². The number of hydrogen-bond donors (Lipinski definition) is 0. The van der Waals surface area contributed by atoms with Crippen molar-refractivity contribution < 1.29 is 14.3 Å². The Morgan fingerprint density at radius 2 is 2.29 bits per heavy atom. The van der Waals surface area contributed by atoms with Crippen molar-refractivity contribution in [2.75, 3.05) is 13.2 Å². The maximum atomic E-state index is 12.2. The number of benzene rings is 1. The van der Waals surface area contributed by atoms with Crippen LogP contribution in [0.15, 0.2) is 18.2 Å². The number of carbonyl (C=O) groups excluding carboxylic acids is 1. The lowest BCUT2D eigenvalue weighted by Crippen LogP contribution is -2.14. The van der Waals surface area contributed by atoms with Crippen LogP contribution in [0.2, 0.25) is 0 Å². The summed E-state index contributed by atoms with van der Waals surface area (Å²) in [5.41, 5.74) is 1.96. The van der Waals surface area contributed by atoms with E-state index in [0.717, 1.165) is 29.7 Å². The van der Waals surface area contributed by atoms with Crippen LogP contribution >= 0.6 is 0 Å². The Morgan fingerprint density at radius 1 is 1.41 bits per heavy atom. The molecular weight excluding hydrogens is 216 g/mol. The molecule has 3 nitrogen and oxygen atoms in total. The summed E-state index contributed by atoms with van der Waals surface area (Å²) in [6.45, 7) is 3.33. The molecule has 1 saturated heterocycles. The molecular formula is C14H16O3. The molecule has 0 N–H and O–H groups in total. The van der Waals surface area contributed by atoms with E-state index in [9.17, 15) is 4.79 Å². The summed E-state index contributed by atoms with van der Waals surface area (Å²) in [5, 5.41) is 0. The second-order valence-corrected chi connectivity index (χ2v) is 4.88. The smallest absolute Gasteiger partial charge is 0.168 e. The average molecular weight is 232 g/mol. The third-order valence-electron chi connectivity index (χ3n) is 3.48. The first-order valence-electron chi connectivity index (χ1n) is 6.15. The van der Waals surface area contributed by atoms with E-state index in [1.165, 1.54) is 0 Å². The number of rotatable bonds is 2. The first-order chi connectivity index (χ1) is 8.24. The highest BCUT2D eigenvalue weighted by Gasteiger charge is 2.26. The van der Waals surface area contributed by atoms with E-state index in [1.807, 2.05) is 25.1 Å². The van der Waals surface area contributed by atoms with Crippen LogP contribution in [0.3, 0.4) is 0 Å². The van der Waals surface area contributed by atoms with Gasteiger partial charge in [-0.15, -0.1) is 0 Å². The fraction of sp³-hybridized carbons (Fsp3) is 0.500. The van der Waals surface area contributed by atoms with Crippen LogP contribution in [0.4, 0.5) is 0 Å². The van der Waals surface area contributed by atoms with Gasteiger partial charge < -0.3 is 9.47 Å². The average Bonchev–Trinajstić information content (AvgIpc) is 2.94. The largest absolute Gasteiger partial charge is 0.490 e. The Bertz CT molecular complexity index is 447. The third kappa shape index (κ3) is 1.95. The predicted octanol–water partition coefficient (Wildman–Crippen LogP) is 2.23. The molecule has 0 amide bonds. The summed E-state index contributed by atoms with van der Waals surface area (Å²) in [6.07, 6.45) is 1.98. The van der Waals surface area contributed by atoms with Gasteiger partial charge in [-0.1, -0.05) is 0 Å². The summed E-state index contributed by atoms with van der Waals surface area (Å²) < 4.78 is 10.9. The highest BCUT2D eigenvalue weighted by atomic mass is 16.5. The minimum atomic E-state index is 0.0489. The summed E-state index contributed by atoms with van der Waals surface area (Å²) in [4.78, 5) is 12.2. The normalized spacial score (nSPS) is 26.6. The molecule has 0 spiro atoms. The lowest BCUT2D eigenvalue weighted by atomic mass is 9.95. The Balaban J connectivity index is 1.84. The summed E-state index contributed by atoms with van der Waals surface area (Å²) >= 11 is 0. The van der Waals surface area contributed by atoms with Crippen molar-refractivity contribution in [2.45, 2.75) is 25.9 Å². The molecule has 2 aliphatic rings. The molecule has 2 aliphatic heterocycles. The second-order valence-electron chi connectivity index (χ2n) is 4.88. The number of ketones is 1. The molecule has 0 aliphatic carbocycles. The molecule has 0 radical (unpaired) electrons. The fourth-order valence-electron chi connectivity index (χ4n) is 2.55. The summed E-state index contributed by atoms with van der Waals surface area (Å²) in [6, 6.07) is 5.78. The predicted molar refractivity (Wildman–Crippen MR) is 63.5 cm³/mol. The Hall–Kier alpha value is -1.35. The molecule has 3 heteroatoms. The van der Waals surface area contributed by atoms with Crippen molar-refractivity contribution in [3.8, 4) is 5.75 Å². The van der Waals surface area contributed by atoms with Crippen LogP contribution in [0, 0.1) is 5.92 Å². The maximum Gasteiger partial charge on any atom is 0.168 e. The number of fused-ring (bicyclic) bond motifs is 1. The first kappa shape index (κ1) is 10.8. The highest BCUT2D eigenvalue weighted by molar-refractivity contribution is 5.98. The van der Waals surface area contributed by atoms with E-state index in [1.54, 1.807) is 0 Å². The van der Waals surface area contributed by atoms with Gasteiger partial charge in [-0.3, -0.25) is 4.79 Å². The van der Waals surface area contributed by atoms with Gasteiger partial charge in [-0.05, 0) is 37.1 Å². The molecule has 0 saturated carbocycles. The van der Waals surface area contributed by atoms with E-state index in [4.69, 9.17) is 9.47 Å². The van der Waals surface area contributed by atoms with Crippen molar-refractivity contribution >= 4 is 5.78 Å². The van der Waals surface area contributed by atoms with Gasteiger partial charge in [0.1, 0.15) is 11.9 Å². The third-order valence-corrected chi connectivity index (χ3v) is 3.48. The van der Waals surface area contributed by atoms with E-state index in [0.29, 0.717) is 13.2 Å². The van der Waals surface area contributed by atoms with Crippen molar-refractivity contribution in [1.82, 2.24) is 0 Å². The molecule has 3 rings (SSSR count). The molecule has 2 atom stereocenters. The van der Waals surface area contributed by atoms with E-state index < -0.39 is 0 Å². The fourth-order valence-corrected chi connectivity index (χ4v) is 2.55. The Kier molecular flexibility index (Phi) is 2.63. The zero-order valence-corrected chi connectivity index (χ0v) is 9.94. The SMILES string of the molecule is CC1Cc2cc(C(=O)C3CCOC3)ccc2O1. The molecule has 17 heavy (non-hydrogen) atoms. The van der Waals surface area contributed by atoms with Crippen LogP contribution in [0.1, 0.15) is 29.3 Å².